The molecule has 2 aromatic heterocycles. The molecular formula is C22H18ClN3O3S. The van der Waals surface area contributed by atoms with Crippen molar-refractivity contribution in [3.8, 4) is 0 Å². The van der Waals surface area contributed by atoms with E-state index in [4.69, 9.17) is 16.3 Å². The molecule has 3 aromatic rings. The quantitative estimate of drug-likeness (QED) is 0.332. The monoisotopic (exact) mass is 439 g/mol. The Labute approximate surface area is 181 Å². The van der Waals surface area contributed by atoms with Gasteiger partial charge in [-0.25, -0.2) is 9.36 Å². The third kappa shape index (κ3) is 4.76. The van der Waals surface area contributed by atoms with Gasteiger partial charge in [-0.3, -0.25) is 9.79 Å². The van der Waals surface area contributed by atoms with Gasteiger partial charge in [-0.05, 0) is 17.7 Å². The van der Waals surface area contributed by atoms with E-state index in [1.807, 2.05) is 30.3 Å². The summed E-state index contributed by atoms with van der Waals surface area (Å²) in [6.07, 6.45) is 5.96. The standard InChI is InChI=1S/C22H18ClN3O3S/c1-14(29-3)11-17(15(2)23)19-12-18-20(30-19)21(27)26(22(28)25-18)10-9-24-13-16-7-5-4-6-8-16/h4-13H,1-2H2,3H3,(H,25,28)/b10-9+,17-11+,24-13?. The molecule has 0 aliphatic rings. The Morgan fingerprint density at radius 2 is 2.00 bits per heavy atom. The smallest absolute Gasteiger partial charge is 0.333 e. The van der Waals surface area contributed by atoms with E-state index in [0.717, 1.165) is 10.1 Å². The number of aromatic amines is 1. The molecule has 0 unspecified atom stereocenters. The number of allylic oxidation sites excluding steroid dienone is 3. The number of benzene rings is 1. The maximum absolute atomic E-state index is 12.8. The molecule has 0 atom stereocenters. The van der Waals surface area contributed by atoms with Gasteiger partial charge in [0.05, 0.1) is 12.6 Å². The second-order valence-corrected chi connectivity index (χ2v) is 7.59. The Bertz CT molecular complexity index is 1310. The summed E-state index contributed by atoms with van der Waals surface area (Å²) in [5, 5.41) is 0.262. The molecule has 8 heteroatoms. The number of aliphatic imine (C=N–C) groups is 1. The molecule has 0 aliphatic carbocycles. The lowest BCUT2D eigenvalue weighted by molar-refractivity contribution is 0.309. The molecule has 2 heterocycles. The minimum absolute atomic E-state index is 0.262. The van der Waals surface area contributed by atoms with Crippen molar-refractivity contribution in [2.24, 2.45) is 4.99 Å². The first-order valence-corrected chi connectivity index (χ1v) is 9.93. The van der Waals surface area contributed by atoms with Gasteiger partial charge in [0, 0.05) is 34.1 Å². The molecule has 0 bridgehead atoms. The van der Waals surface area contributed by atoms with E-state index in [1.54, 1.807) is 18.4 Å². The number of H-pyrrole nitrogens is 1. The molecule has 0 aliphatic heterocycles. The zero-order valence-corrected chi connectivity index (χ0v) is 17.7. The van der Waals surface area contributed by atoms with Crippen molar-refractivity contribution in [1.29, 1.82) is 0 Å². The van der Waals surface area contributed by atoms with Crippen LogP contribution in [0.15, 0.2) is 87.2 Å². The van der Waals surface area contributed by atoms with Gasteiger partial charge in [-0.2, -0.15) is 0 Å². The van der Waals surface area contributed by atoms with Crippen LogP contribution in [0.4, 0.5) is 0 Å². The number of methoxy groups -OCH3 is 1. The summed E-state index contributed by atoms with van der Waals surface area (Å²) >= 11 is 7.29. The highest BCUT2D eigenvalue weighted by Crippen LogP contribution is 2.33. The zero-order chi connectivity index (χ0) is 21.7. The van der Waals surface area contributed by atoms with Gasteiger partial charge in [0.15, 0.2) is 0 Å². The minimum Gasteiger partial charge on any atom is -0.497 e. The number of hydrogen-bond acceptors (Lipinski definition) is 5. The minimum atomic E-state index is -0.570. The van der Waals surface area contributed by atoms with Crippen LogP contribution in [0.3, 0.4) is 0 Å². The van der Waals surface area contributed by atoms with Crippen LogP contribution in [0.2, 0.25) is 0 Å². The SMILES string of the molecule is C=C(/C=C(\C(=C)Cl)c1cc2[nH]c(=O)n(/C=C/N=Cc3ccccc3)c(=O)c2s1)OC. The van der Waals surface area contributed by atoms with Crippen molar-refractivity contribution < 1.29 is 4.74 Å². The number of fused-ring (bicyclic) bond motifs is 1. The van der Waals surface area contributed by atoms with Gasteiger partial charge in [-0.15, -0.1) is 11.3 Å². The number of hydrogen-bond donors (Lipinski definition) is 1. The molecule has 0 saturated carbocycles. The van der Waals surface area contributed by atoms with Crippen LogP contribution in [0.1, 0.15) is 10.4 Å². The number of rotatable bonds is 7. The summed E-state index contributed by atoms with van der Waals surface area (Å²) in [6.45, 7) is 7.49. The molecule has 3 rings (SSSR count). The first-order chi connectivity index (χ1) is 14.4. The van der Waals surface area contributed by atoms with Crippen molar-refractivity contribution in [3.05, 3.63) is 104 Å². The van der Waals surface area contributed by atoms with Gasteiger partial charge < -0.3 is 9.72 Å². The lowest BCUT2D eigenvalue weighted by Crippen LogP contribution is -2.30. The number of ether oxygens (including phenoxy) is 1. The third-order valence-corrected chi connectivity index (χ3v) is 5.42. The van der Waals surface area contributed by atoms with E-state index >= 15 is 0 Å². The van der Waals surface area contributed by atoms with Crippen molar-refractivity contribution in [3.63, 3.8) is 0 Å². The van der Waals surface area contributed by atoms with E-state index in [1.165, 1.54) is 30.8 Å². The summed E-state index contributed by atoms with van der Waals surface area (Å²) in [7, 11) is 1.49. The highest BCUT2D eigenvalue weighted by atomic mass is 35.5. The lowest BCUT2D eigenvalue weighted by Gasteiger charge is -2.03. The van der Waals surface area contributed by atoms with Crippen LogP contribution in [-0.2, 0) is 4.74 Å². The van der Waals surface area contributed by atoms with E-state index in [0.29, 0.717) is 26.4 Å². The van der Waals surface area contributed by atoms with Crippen LogP contribution in [0, 0.1) is 0 Å². The van der Waals surface area contributed by atoms with Gasteiger partial charge in [0.2, 0.25) is 0 Å². The van der Waals surface area contributed by atoms with Crippen LogP contribution in [0.25, 0.3) is 22.0 Å². The predicted molar refractivity (Wildman–Crippen MR) is 125 cm³/mol. The molecular weight excluding hydrogens is 422 g/mol. The van der Waals surface area contributed by atoms with Gasteiger partial charge >= 0.3 is 5.69 Å². The number of aromatic nitrogens is 2. The fraction of sp³-hybridized carbons (Fsp3) is 0.0455. The van der Waals surface area contributed by atoms with Crippen LogP contribution in [0.5, 0.6) is 0 Å². The van der Waals surface area contributed by atoms with E-state index < -0.39 is 11.2 Å². The fourth-order valence-corrected chi connectivity index (χ4v) is 3.87. The second kappa shape index (κ2) is 9.39. The first-order valence-electron chi connectivity index (χ1n) is 8.73. The Balaban J connectivity index is 2.00. The number of halogens is 1. The Kier molecular flexibility index (Phi) is 6.66. The van der Waals surface area contributed by atoms with E-state index in [2.05, 4.69) is 23.1 Å². The molecule has 0 spiro atoms. The molecule has 1 N–H and O–H groups in total. The molecule has 152 valence electrons. The van der Waals surface area contributed by atoms with Crippen molar-refractivity contribution >= 4 is 51.1 Å². The molecule has 0 radical (unpaired) electrons. The first kappa shape index (κ1) is 21.3. The summed E-state index contributed by atoms with van der Waals surface area (Å²) in [5.74, 6) is 0.384. The molecule has 0 fully saturated rings. The summed E-state index contributed by atoms with van der Waals surface area (Å²) in [4.78, 5) is 32.7. The van der Waals surface area contributed by atoms with Gasteiger partial charge in [-0.1, -0.05) is 55.1 Å². The van der Waals surface area contributed by atoms with Crippen molar-refractivity contribution in [2.75, 3.05) is 7.11 Å². The number of nitrogens with one attached hydrogen (secondary N) is 1. The molecule has 30 heavy (non-hydrogen) atoms. The molecule has 0 saturated heterocycles. The van der Waals surface area contributed by atoms with Crippen LogP contribution < -0.4 is 11.2 Å². The average molecular weight is 440 g/mol. The van der Waals surface area contributed by atoms with Gasteiger partial charge in [0.1, 0.15) is 10.5 Å². The van der Waals surface area contributed by atoms with E-state index in [-0.39, 0.29) is 5.03 Å². The Morgan fingerprint density at radius 3 is 2.67 bits per heavy atom. The van der Waals surface area contributed by atoms with Crippen molar-refractivity contribution in [1.82, 2.24) is 9.55 Å². The Morgan fingerprint density at radius 1 is 1.27 bits per heavy atom. The number of nitrogens with zero attached hydrogens (tertiary/aromatic N) is 2. The highest BCUT2D eigenvalue weighted by Gasteiger charge is 2.14. The normalized spacial score (nSPS) is 12.1. The third-order valence-electron chi connectivity index (χ3n) is 4.06. The highest BCUT2D eigenvalue weighted by molar-refractivity contribution is 7.20. The lowest BCUT2D eigenvalue weighted by atomic mass is 10.2. The van der Waals surface area contributed by atoms with Crippen molar-refractivity contribution in [2.45, 2.75) is 0 Å². The number of thiophene rings is 1. The second-order valence-electron chi connectivity index (χ2n) is 6.08. The summed E-state index contributed by atoms with van der Waals surface area (Å²) in [5.41, 5.74) is 0.842. The fourth-order valence-electron chi connectivity index (χ4n) is 2.56. The molecule has 0 amide bonds. The Hall–Kier alpha value is -3.42. The maximum atomic E-state index is 12.8. The topological polar surface area (TPSA) is 76.5 Å². The van der Waals surface area contributed by atoms with Crippen LogP contribution in [-0.4, -0.2) is 22.9 Å². The molecule has 1 aromatic carbocycles. The average Bonchev–Trinajstić information content (AvgIpc) is 3.15. The van der Waals surface area contributed by atoms with Crippen LogP contribution >= 0.6 is 22.9 Å². The van der Waals surface area contributed by atoms with Gasteiger partial charge in [0.25, 0.3) is 5.56 Å². The van der Waals surface area contributed by atoms with E-state index in [9.17, 15) is 9.59 Å². The maximum Gasteiger partial charge on any atom is 0.333 e. The largest absolute Gasteiger partial charge is 0.497 e. The summed E-state index contributed by atoms with van der Waals surface area (Å²) in [6, 6.07) is 11.1. The zero-order valence-electron chi connectivity index (χ0n) is 16.1. The summed E-state index contributed by atoms with van der Waals surface area (Å²) < 4.78 is 6.40. The predicted octanol–water partition coefficient (Wildman–Crippen LogP) is 4.59. The molecule has 6 nitrogen and oxygen atoms in total.